The number of aromatic nitrogens is 3. The Morgan fingerprint density at radius 3 is 2.62 bits per heavy atom. The zero-order valence-electron chi connectivity index (χ0n) is 18.1. The Hall–Kier alpha value is -4.06. The van der Waals surface area contributed by atoms with Crippen molar-refractivity contribution in [2.45, 2.75) is 13.1 Å². The molecule has 178 valence electrons. The van der Waals surface area contributed by atoms with Gasteiger partial charge < -0.3 is 24.5 Å². The Morgan fingerprint density at radius 1 is 1.09 bits per heavy atom. The summed E-state index contributed by atoms with van der Waals surface area (Å²) in [6.45, 7) is 1.92. The van der Waals surface area contributed by atoms with Crippen molar-refractivity contribution in [2.75, 3.05) is 31.0 Å². The van der Waals surface area contributed by atoms with Gasteiger partial charge in [-0.25, -0.2) is 9.78 Å². The fourth-order valence-electron chi connectivity index (χ4n) is 3.11. The molecule has 2 heterocycles. The number of H-pyrrole nitrogens is 1. The van der Waals surface area contributed by atoms with Crippen molar-refractivity contribution in [2.24, 2.45) is 0 Å². The molecular weight excluding hydrogens is 455 g/mol. The highest BCUT2D eigenvalue weighted by Gasteiger charge is 2.34. The zero-order chi connectivity index (χ0) is 24.3. The number of ether oxygens (including phenoxy) is 2. The van der Waals surface area contributed by atoms with Crippen LogP contribution in [0.25, 0.3) is 11.1 Å². The number of nitrogens with one attached hydrogen (secondary N) is 3. The van der Waals surface area contributed by atoms with E-state index in [2.05, 4.69) is 25.6 Å². The first kappa shape index (κ1) is 23.1. The number of fused-ring (bicyclic) bond motifs is 1. The van der Waals surface area contributed by atoms with E-state index in [1.807, 2.05) is 0 Å². The van der Waals surface area contributed by atoms with Gasteiger partial charge in [-0.1, -0.05) is 0 Å². The quantitative estimate of drug-likeness (QED) is 0.313. The van der Waals surface area contributed by atoms with Crippen molar-refractivity contribution in [3.63, 3.8) is 0 Å². The van der Waals surface area contributed by atoms with Crippen LogP contribution < -0.4 is 21.1 Å². The summed E-state index contributed by atoms with van der Waals surface area (Å²) in [5.74, 6) is -0.342. The number of rotatable bonds is 8. The number of halogens is 3. The van der Waals surface area contributed by atoms with Crippen molar-refractivity contribution in [1.82, 2.24) is 15.0 Å². The first-order chi connectivity index (χ1) is 16.2. The van der Waals surface area contributed by atoms with E-state index in [0.717, 1.165) is 6.07 Å². The standard InChI is InChI=1S/C22H20F3N5O4/c1-12-11-26-20(30-19(12)27-14-4-6-18-16(10-14)29-21(31)34-18)28-13-3-5-17(33-8-7-32-2)15(9-13)22(23,24)25/h3-6,9-11H,7-8H2,1-2H3,(H,29,31)(H2,26,27,28,30). The molecule has 0 fully saturated rings. The molecule has 0 aliphatic carbocycles. The van der Waals surface area contributed by atoms with Gasteiger partial charge in [0.05, 0.1) is 17.7 Å². The molecule has 4 aromatic rings. The van der Waals surface area contributed by atoms with Gasteiger partial charge in [0.15, 0.2) is 5.58 Å². The molecule has 0 amide bonds. The highest BCUT2D eigenvalue weighted by atomic mass is 19.4. The lowest BCUT2D eigenvalue weighted by molar-refractivity contribution is -0.139. The minimum Gasteiger partial charge on any atom is -0.491 e. The maximum Gasteiger partial charge on any atom is 0.420 e. The third-order valence-corrected chi connectivity index (χ3v) is 4.74. The Labute approximate surface area is 190 Å². The van der Waals surface area contributed by atoms with E-state index in [1.54, 1.807) is 25.1 Å². The van der Waals surface area contributed by atoms with Crippen molar-refractivity contribution in [3.05, 3.63) is 64.3 Å². The summed E-state index contributed by atoms with van der Waals surface area (Å²) in [5, 5.41) is 5.90. The lowest BCUT2D eigenvalue weighted by atomic mass is 10.1. The van der Waals surface area contributed by atoms with E-state index < -0.39 is 17.5 Å². The van der Waals surface area contributed by atoms with E-state index in [4.69, 9.17) is 13.9 Å². The number of oxazole rings is 1. The van der Waals surface area contributed by atoms with Gasteiger partial charge in [-0.2, -0.15) is 18.2 Å². The predicted octanol–water partition coefficient (Wildman–Crippen LogP) is 4.75. The van der Waals surface area contributed by atoms with Crippen molar-refractivity contribution >= 4 is 34.2 Å². The number of methoxy groups -OCH3 is 1. The van der Waals surface area contributed by atoms with Crippen molar-refractivity contribution < 1.29 is 27.1 Å². The van der Waals surface area contributed by atoms with Gasteiger partial charge in [0.2, 0.25) is 5.95 Å². The molecule has 0 radical (unpaired) electrons. The zero-order valence-corrected chi connectivity index (χ0v) is 18.1. The lowest BCUT2D eigenvalue weighted by Crippen LogP contribution is -2.12. The second-order valence-corrected chi connectivity index (χ2v) is 7.25. The molecule has 0 aliphatic rings. The van der Waals surface area contributed by atoms with Crippen molar-refractivity contribution in [3.8, 4) is 5.75 Å². The average Bonchev–Trinajstić information content (AvgIpc) is 3.15. The first-order valence-electron chi connectivity index (χ1n) is 10.1. The molecule has 2 aromatic carbocycles. The fraction of sp³-hybridized carbons (Fsp3) is 0.227. The number of anilines is 4. The Bertz CT molecular complexity index is 1370. The van der Waals surface area contributed by atoms with Gasteiger partial charge in [-0.3, -0.25) is 4.98 Å². The predicted molar refractivity (Wildman–Crippen MR) is 119 cm³/mol. The number of nitrogens with zero attached hydrogens (tertiary/aromatic N) is 2. The van der Waals surface area contributed by atoms with Crippen LogP contribution in [-0.4, -0.2) is 35.3 Å². The fourth-order valence-corrected chi connectivity index (χ4v) is 3.11. The van der Waals surface area contributed by atoms with Gasteiger partial charge in [-0.05, 0) is 43.3 Å². The maximum atomic E-state index is 13.5. The average molecular weight is 475 g/mol. The number of aromatic amines is 1. The largest absolute Gasteiger partial charge is 0.491 e. The second kappa shape index (κ2) is 9.43. The Kier molecular flexibility index (Phi) is 6.41. The van der Waals surface area contributed by atoms with Crippen LogP contribution in [0.2, 0.25) is 0 Å². The van der Waals surface area contributed by atoms with Gasteiger partial charge >= 0.3 is 11.9 Å². The summed E-state index contributed by atoms with van der Waals surface area (Å²) in [6.07, 6.45) is -3.09. The molecule has 0 saturated carbocycles. The topological polar surface area (TPSA) is 114 Å². The molecule has 0 unspecified atom stereocenters. The highest BCUT2D eigenvalue weighted by Crippen LogP contribution is 2.38. The molecule has 4 rings (SSSR count). The van der Waals surface area contributed by atoms with Crippen LogP contribution >= 0.6 is 0 Å². The molecule has 3 N–H and O–H groups in total. The summed E-state index contributed by atoms with van der Waals surface area (Å²) < 4.78 is 55.6. The summed E-state index contributed by atoms with van der Waals surface area (Å²) in [7, 11) is 1.43. The lowest BCUT2D eigenvalue weighted by Gasteiger charge is -2.16. The van der Waals surface area contributed by atoms with Gasteiger partial charge in [0, 0.05) is 30.2 Å². The van der Waals surface area contributed by atoms with Crippen LogP contribution in [0.15, 0.2) is 51.8 Å². The summed E-state index contributed by atoms with van der Waals surface area (Å²) in [4.78, 5) is 22.4. The third-order valence-electron chi connectivity index (χ3n) is 4.74. The number of benzene rings is 2. The van der Waals surface area contributed by atoms with E-state index in [1.165, 1.54) is 25.4 Å². The Morgan fingerprint density at radius 2 is 1.85 bits per heavy atom. The van der Waals surface area contributed by atoms with Crippen LogP contribution in [0.3, 0.4) is 0 Å². The van der Waals surface area contributed by atoms with Gasteiger partial charge in [0.25, 0.3) is 0 Å². The second-order valence-electron chi connectivity index (χ2n) is 7.25. The summed E-state index contributed by atoms with van der Waals surface area (Å²) in [6, 6.07) is 8.60. The van der Waals surface area contributed by atoms with Gasteiger partial charge in [-0.15, -0.1) is 0 Å². The molecule has 0 bridgehead atoms. The minimum absolute atomic E-state index is 0.0129. The van der Waals surface area contributed by atoms with E-state index >= 15 is 0 Å². The van der Waals surface area contributed by atoms with Crippen LogP contribution in [0.4, 0.5) is 36.3 Å². The molecule has 34 heavy (non-hydrogen) atoms. The van der Waals surface area contributed by atoms with Crippen LogP contribution in [-0.2, 0) is 10.9 Å². The Balaban J connectivity index is 1.57. The summed E-state index contributed by atoms with van der Waals surface area (Å²) in [5.41, 5.74) is 1.44. The van der Waals surface area contributed by atoms with Crippen LogP contribution in [0.5, 0.6) is 5.75 Å². The number of hydrogen-bond donors (Lipinski definition) is 3. The smallest absolute Gasteiger partial charge is 0.420 e. The molecule has 12 heteroatoms. The number of aryl methyl sites for hydroxylation is 1. The van der Waals surface area contributed by atoms with E-state index in [0.29, 0.717) is 28.2 Å². The van der Waals surface area contributed by atoms with E-state index in [-0.39, 0.29) is 30.6 Å². The SMILES string of the molecule is COCCOc1ccc(Nc2ncc(C)c(Nc3ccc4oc(=O)[nH]c4c3)n2)cc1C(F)(F)F. The summed E-state index contributed by atoms with van der Waals surface area (Å²) >= 11 is 0. The molecule has 0 spiro atoms. The number of hydrogen-bond acceptors (Lipinski definition) is 8. The molecule has 0 saturated heterocycles. The highest BCUT2D eigenvalue weighted by molar-refractivity contribution is 5.78. The van der Waals surface area contributed by atoms with Gasteiger partial charge in [0.1, 0.15) is 18.2 Å². The van der Waals surface area contributed by atoms with E-state index in [9.17, 15) is 18.0 Å². The first-order valence-corrected chi connectivity index (χ1v) is 10.1. The molecule has 0 aliphatic heterocycles. The van der Waals surface area contributed by atoms with Crippen LogP contribution in [0.1, 0.15) is 11.1 Å². The van der Waals surface area contributed by atoms with Crippen LogP contribution in [0, 0.1) is 6.92 Å². The third kappa shape index (κ3) is 5.29. The monoisotopic (exact) mass is 475 g/mol. The van der Waals surface area contributed by atoms with Crippen molar-refractivity contribution in [1.29, 1.82) is 0 Å². The molecule has 0 atom stereocenters. The molecule has 9 nitrogen and oxygen atoms in total. The molecular formula is C22H20F3N5O4. The minimum atomic E-state index is -4.62. The normalized spacial score (nSPS) is 11.6. The maximum absolute atomic E-state index is 13.5. The molecule has 2 aromatic heterocycles. The number of alkyl halides is 3.